The molecular weight excluding hydrogens is 302 g/mol. The summed E-state index contributed by atoms with van der Waals surface area (Å²) in [4.78, 5) is 11.7. The third kappa shape index (κ3) is 3.50. The maximum absolute atomic E-state index is 12.5. The Morgan fingerprint density at radius 1 is 1.35 bits per heavy atom. The quantitative estimate of drug-likeness (QED) is 0.753. The smallest absolute Gasteiger partial charge is 0.321 e. The van der Waals surface area contributed by atoms with Crippen LogP contribution in [0.2, 0.25) is 5.02 Å². The number of benzene rings is 1. The van der Waals surface area contributed by atoms with E-state index in [-0.39, 0.29) is 24.1 Å². The molecule has 0 spiro atoms. The van der Waals surface area contributed by atoms with Gasteiger partial charge >= 0.3 is 5.97 Å². The van der Waals surface area contributed by atoms with Crippen LogP contribution in [0.5, 0.6) is 0 Å². The summed E-state index contributed by atoms with van der Waals surface area (Å²) in [5.74, 6) is -0.531. The van der Waals surface area contributed by atoms with Gasteiger partial charge in [0.1, 0.15) is 6.54 Å². The fourth-order valence-corrected chi connectivity index (χ4v) is 3.60. The molecule has 1 fully saturated rings. The molecule has 0 atom stereocenters. The van der Waals surface area contributed by atoms with Crippen molar-refractivity contribution >= 4 is 27.6 Å². The van der Waals surface area contributed by atoms with Crippen molar-refractivity contribution in [3.8, 4) is 0 Å². The third-order valence-electron chi connectivity index (χ3n) is 2.96. The minimum Gasteiger partial charge on any atom is -0.465 e. The molecule has 20 heavy (non-hydrogen) atoms. The number of hydrogen-bond donors (Lipinski definition) is 0. The molecule has 0 saturated heterocycles. The van der Waals surface area contributed by atoms with Gasteiger partial charge in [0.2, 0.25) is 10.0 Å². The average Bonchev–Trinajstić information content (AvgIpc) is 3.21. The Kier molecular flexibility index (Phi) is 4.67. The Bertz CT molecular complexity index is 581. The van der Waals surface area contributed by atoms with E-state index in [0.717, 1.165) is 12.8 Å². The van der Waals surface area contributed by atoms with E-state index in [9.17, 15) is 13.2 Å². The van der Waals surface area contributed by atoms with Gasteiger partial charge in [-0.1, -0.05) is 11.6 Å². The Morgan fingerprint density at radius 3 is 2.45 bits per heavy atom. The van der Waals surface area contributed by atoms with Gasteiger partial charge in [0.25, 0.3) is 0 Å². The van der Waals surface area contributed by atoms with E-state index in [2.05, 4.69) is 0 Å². The van der Waals surface area contributed by atoms with E-state index in [1.54, 1.807) is 6.92 Å². The molecule has 0 radical (unpaired) electrons. The Morgan fingerprint density at radius 2 is 1.95 bits per heavy atom. The van der Waals surface area contributed by atoms with Crippen LogP contribution in [0.1, 0.15) is 19.8 Å². The summed E-state index contributed by atoms with van der Waals surface area (Å²) >= 11 is 5.76. The highest BCUT2D eigenvalue weighted by molar-refractivity contribution is 7.89. The molecule has 1 aliphatic carbocycles. The number of carbonyl (C=O) groups is 1. The van der Waals surface area contributed by atoms with Crippen molar-refractivity contribution in [2.75, 3.05) is 13.2 Å². The predicted octanol–water partition coefficient (Wildman–Crippen LogP) is 2.06. The molecule has 7 heteroatoms. The second kappa shape index (κ2) is 6.11. The van der Waals surface area contributed by atoms with Gasteiger partial charge in [0.05, 0.1) is 11.5 Å². The SMILES string of the molecule is CCOC(=O)CN(C1CC1)S(=O)(=O)c1ccc(Cl)cc1. The van der Waals surface area contributed by atoms with Crippen molar-refractivity contribution in [1.29, 1.82) is 0 Å². The van der Waals surface area contributed by atoms with Crippen molar-refractivity contribution < 1.29 is 17.9 Å². The van der Waals surface area contributed by atoms with Gasteiger partial charge < -0.3 is 4.74 Å². The van der Waals surface area contributed by atoms with E-state index in [4.69, 9.17) is 16.3 Å². The number of ether oxygens (including phenoxy) is 1. The molecule has 0 bridgehead atoms. The summed E-state index contributed by atoms with van der Waals surface area (Å²) in [5, 5.41) is 0.465. The van der Waals surface area contributed by atoms with E-state index < -0.39 is 16.0 Å². The maximum Gasteiger partial charge on any atom is 0.321 e. The van der Waals surface area contributed by atoms with Gasteiger partial charge in [-0.15, -0.1) is 0 Å². The van der Waals surface area contributed by atoms with E-state index in [0.29, 0.717) is 5.02 Å². The highest BCUT2D eigenvalue weighted by Gasteiger charge is 2.39. The van der Waals surface area contributed by atoms with Crippen LogP contribution in [-0.2, 0) is 19.6 Å². The number of nitrogens with zero attached hydrogens (tertiary/aromatic N) is 1. The fraction of sp³-hybridized carbons (Fsp3) is 0.462. The second-order valence-electron chi connectivity index (χ2n) is 4.54. The summed E-state index contributed by atoms with van der Waals surface area (Å²) in [6, 6.07) is 5.81. The summed E-state index contributed by atoms with van der Waals surface area (Å²) in [5.41, 5.74) is 0. The summed E-state index contributed by atoms with van der Waals surface area (Å²) in [7, 11) is -3.69. The standard InChI is InChI=1S/C13H16ClNO4S/c1-2-19-13(16)9-15(11-5-6-11)20(17,18)12-7-3-10(14)4-8-12/h3-4,7-8,11H,2,5-6,9H2,1H3. The molecule has 1 aromatic carbocycles. The minimum atomic E-state index is -3.69. The number of sulfonamides is 1. The summed E-state index contributed by atoms with van der Waals surface area (Å²) < 4.78 is 31.1. The Balaban J connectivity index is 2.23. The Hall–Kier alpha value is -1.11. The predicted molar refractivity (Wildman–Crippen MR) is 75.0 cm³/mol. The summed E-state index contributed by atoms with van der Waals surface area (Å²) in [6.07, 6.45) is 1.54. The number of esters is 1. The van der Waals surface area contributed by atoms with Crippen LogP contribution < -0.4 is 0 Å². The normalized spacial score (nSPS) is 15.3. The average molecular weight is 318 g/mol. The molecule has 0 heterocycles. The molecule has 1 aliphatic rings. The first-order chi connectivity index (χ1) is 9.45. The van der Waals surface area contributed by atoms with Crippen LogP contribution in [0, 0.1) is 0 Å². The minimum absolute atomic E-state index is 0.111. The second-order valence-corrected chi connectivity index (χ2v) is 6.87. The molecule has 0 unspecified atom stereocenters. The first-order valence-corrected chi connectivity index (χ1v) is 8.20. The van der Waals surface area contributed by atoms with Crippen LogP contribution in [-0.4, -0.2) is 37.9 Å². The third-order valence-corrected chi connectivity index (χ3v) is 5.13. The van der Waals surface area contributed by atoms with Crippen molar-refractivity contribution in [3.05, 3.63) is 29.3 Å². The molecule has 0 N–H and O–H groups in total. The zero-order valence-electron chi connectivity index (χ0n) is 11.1. The van der Waals surface area contributed by atoms with E-state index >= 15 is 0 Å². The lowest BCUT2D eigenvalue weighted by atomic mass is 10.4. The van der Waals surface area contributed by atoms with Crippen LogP contribution in [0.15, 0.2) is 29.2 Å². The highest BCUT2D eigenvalue weighted by Crippen LogP contribution is 2.32. The van der Waals surface area contributed by atoms with Gasteiger partial charge in [-0.05, 0) is 44.0 Å². The molecule has 0 aromatic heterocycles. The number of carbonyl (C=O) groups excluding carboxylic acids is 1. The number of halogens is 1. The van der Waals surface area contributed by atoms with Crippen molar-refractivity contribution in [2.24, 2.45) is 0 Å². The fourth-order valence-electron chi connectivity index (χ4n) is 1.85. The molecular formula is C13H16ClNO4S. The van der Waals surface area contributed by atoms with Crippen molar-refractivity contribution in [2.45, 2.75) is 30.7 Å². The van der Waals surface area contributed by atoms with Crippen LogP contribution >= 0.6 is 11.6 Å². The van der Waals surface area contributed by atoms with E-state index in [1.807, 2.05) is 0 Å². The lowest BCUT2D eigenvalue weighted by molar-refractivity contribution is -0.143. The van der Waals surface area contributed by atoms with Crippen LogP contribution in [0.25, 0.3) is 0 Å². The summed E-state index contributed by atoms with van der Waals surface area (Å²) in [6.45, 7) is 1.68. The zero-order valence-corrected chi connectivity index (χ0v) is 12.7. The maximum atomic E-state index is 12.5. The topological polar surface area (TPSA) is 63.7 Å². The monoisotopic (exact) mass is 317 g/mol. The largest absolute Gasteiger partial charge is 0.465 e. The molecule has 110 valence electrons. The molecule has 0 aliphatic heterocycles. The first kappa shape index (κ1) is 15.3. The van der Waals surface area contributed by atoms with Crippen molar-refractivity contribution in [3.63, 3.8) is 0 Å². The van der Waals surface area contributed by atoms with Crippen LogP contribution in [0.4, 0.5) is 0 Å². The van der Waals surface area contributed by atoms with E-state index in [1.165, 1.54) is 28.6 Å². The molecule has 0 amide bonds. The van der Waals surface area contributed by atoms with Crippen molar-refractivity contribution in [1.82, 2.24) is 4.31 Å². The van der Waals surface area contributed by atoms with Gasteiger partial charge in [-0.2, -0.15) is 4.31 Å². The Labute approximate surface area is 123 Å². The van der Waals surface area contributed by atoms with Gasteiger partial charge in [0.15, 0.2) is 0 Å². The number of rotatable bonds is 6. The first-order valence-electron chi connectivity index (χ1n) is 6.38. The molecule has 1 aromatic rings. The molecule has 5 nitrogen and oxygen atoms in total. The van der Waals surface area contributed by atoms with Gasteiger partial charge in [-0.25, -0.2) is 8.42 Å². The highest BCUT2D eigenvalue weighted by atomic mass is 35.5. The van der Waals surface area contributed by atoms with Crippen LogP contribution in [0.3, 0.4) is 0 Å². The lowest BCUT2D eigenvalue weighted by Gasteiger charge is -2.20. The van der Waals surface area contributed by atoms with Gasteiger partial charge in [-0.3, -0.25) is 4.79 Å². The lowest BCUT2D eigenvalue weighted by Crippen LogP contribution is -2.38. The molecule has 2 rings (SSSR count). The number of hydrogen-bond acceptors (Lipinski definition) is 4. The van der Waals surface area contributed by atoms with Gasteiger partial charge in [0, 0.05) is 11.1 Å². The molecule has 1 saturated carbocycles. The zero-order chi connectivity index (χ0) is 14.8.